The molecular weight excluding hydrogens is 344 g/mol. The van der Waals surface area contributed by atoms with Gasteiger partial charge in [0.1, 0.15) is 0 Å². The van der Waals surface area contributed by atoms with Crippen LogP contribution in [0.2, 0.25) is 0 Å². The Morgan fingerprint density at radius 3 is 2.42 bits per heavy atom. The van der Waals surface area contributed by atoms with Gasteiger partial charge in [-0.1, -0.05) is 40.0 Å². The second-order valence-corrected chi connectivity index (χ2v) is 9.63. The Balaban J connectivity index is 2.74. The highest BCUT2D eigenvalue weighted by Crippen LogP contribution is 2.23. The van der Waals surface area contributed by atoms with Crippen molar-refractivity contribution in [3.05, 3.63) is 0 Å². The molecule has 0 aromatic carbocycles. The molecule has 5 nitrogen and oxygen atoms in total. The molecule has 0 saturated heterocycles. The van der Waals surface area contributed by atoms with Crippen LogP contribution in [0.5, 0.6) is 0 Å². The number of hydrogen-bond donors (Lipinski definition) is 2. The number of nitrogens with one attached hydrogen (secondary N) is 2. The van der Waals surface area contributed by atoms with Crippen LogP contribution in [-0.4, -0.2) is 65.3 Å². The molecule has 1 rings (SSSR count). The molecule has 1 aliphatic rings. The fraction of sp³-hybridized carbons (Fsp3) is 0.950. The summed E-state index contributed by atoms with van der Waals surface area (Å²) in [5.74, 6) is 2.35. The Morgan fingerprint density at radius 1 is 1.19 bits per heavy atom. The lowest BCUT2D eigenvalue weighted by Crippen LogP contribution is -2.47. The van der Waals surface area contributed by atoms with Crippen molar-refractivity contribution in [3.63, 3.8) is 0 Å². The lowest BCUT2D eigenvalue weighted by Gasteiger charge is -2.32. The Kier molecular flexibility index (Phi) is 11.4. The topological polar surface area (TPSA) is 56.7 Å². The van der Waals surface area contributed by atoms with Gasteiger partial charge in [0.15, 0.2) is 5.96 Å². The van der Waals surface area contributed by atoms with Gasteiger partial charge in [0.05, 0.1) is 6.54 Å². The standard InChI is InChI=1S/C20H42N4OS/c1-7-16(8-2)19(24(5)6)15-22-20(21-9-3)23-17-12-11-13-18(14-17)26(25)10-4/h16-19H,7-15H2,1-6H3,(H2,21,22,23). The molecule has 1 saturated carbocycles. The summed E-state index contributed by atoms with van der Waals surface area (Å²) in [6, 6.07) is 0.847. The van der Waals surface area contributed by atoms with Gasteiger partial charge in [0, 0.05) is 40.4 Å². The first-order chi connectivity index (χ1) is 12.5. The van der Waals surface area contributed by atoms with Crippen molar-refractivity contribution in [1.82, 2.24) is 15.5 Å². The van der Waals surface area contributed by atoms with Gasteiger partial charge in [-0.2, -0.15) is 0 Å². The van der Waals surface area contributed by atoms with Gasteiger partial charge in [-0.25, -0.2) is 0 Å². The van der Waals surface area contributed by atoms with E-state index in [1.807, 2.05) is 6.92 Å². The van der Waals surface area contributed by atoms with Gasteiger partial charge in [-0.15, -0.1) is 0 Å². The predicted octanol–water partition coefficient (Wildman–Crippen LogP) is 2.99. The van der Waals surface area contributed by atoms with E-state index in [4.69, 9.17) is 4.99 Å². The van der Waals surface area contributed by atoms with Crippen LogP contribution >= 0.6 is 0 Å². The maximum absolute atomic E-state index is 12.2. The zero-order chi connectivity index (χ0) is 19.5. The first-order valence-electron chi connectivity index (χ1n) is 10.5. The van der Waals surface area contributed by atoms with Crippen LogP contribution in [0.3, 0.4) is 0 Å². The molecule has 0 radical (unpaired) electrons. The summed E-state index contributed by atoms with van der Waals surface area (Å²) in [6.45, 7) is 10.4. The van der Waals surface area contributed by atoms with Crippen LogP contribution in [0.15, 0.2) is 4.99 Å². The monoisotopic (exact) mass is 386 g/mol. The Hall–Kier alpha value is -0.620. The van der Waals surface area contributed by atoms with Crippen LogP contribution in [0, 0.1) is 5.92 Å². The SMILES string of the molecule is CCNC(=NCC(C(CC)CC)N(C)C)NC1CCCC(S(=O)CC)C1. The van der Waals surface area contributed by atoms with Crippen molar-refractivity contribution in [2.45, 2.75) is 83.6 Å². The van der Waals surface area contributed by atoms with Gasteiger partial charge < -0.3 is 15.5 Å². The minimum atomic E-state index is -0.686. The summed E-state index contributed by atoms with van der Waals surface area (Å²) in [5.41, 5.74) is 0. The normalized spacial score (nSPS) is 23.9. The van der Waals surface area contributed by atoms with Gasteiger partial charge >= 0.3 is 0 Å². The van der Waals surface area contributed by atoms with Crippen LogP contribution in [0.1, 0.15) is 66.2 Å². The van der Waals surface area contributed by atoms with E-state index >= 15 is 0 Å². The molecule has 26 heavy (non-hydrogen) atoms. The smallest absolute Gasteiger partial charge is 0.191 e. The summed E-state index contributed by atoms with van der Waals surface area (Å²) < 4.78 is 12.2. The highest BCUT2D eigenvalue weighted by atomic mass is 32.2. The predicted molar refractivity (Wildman–Crippen MR) is 115 cm³/mol. The third kappa shape index (κ3) is 7.55. The molecule has 0 amide bonds. The van der Waals surface area contributed by atoms with Gasteiger partial charge in [-0.05, 0) is 46.2 Å². The van der Waals surface area contributed by atoms with Crippen LogP contribution in [0.25, 0.3) is 0 Å². The largest absolute Gasteiger partial charge is 0.357 e. The number of hydrogen-bond acceptors (Lipinski definition) is 3. The first kappa shape index (κ1) is 23.4. The number of guanidine groups is 1. The van der Waals surface area contributed by atoms with E-state index in [1.165, 1.54) is 12.8 Å². The average molecular weight is 387 g/mol. The maximum Gasteiger partial charge on any atom is 0.191 e. The summed E-state index contributed by atoms with van der Waals surface area (Å²) in [5, 5.41) is 7.36. The van der Waals surface area contributed by atoms with E-state index in [1.54, 1.807) is 0 Å². The second kappa shape index (κ2) is 12.7. The van der Waals surface area contributed by atoms with Gasteiger partial charge in [-0.3, -0.25) is 9.20 Å². The lowest BCUT2D eigenvalue weighted by atomic mass is 9.93. The molecule has 1 fully saturated rings. The van der Waals surface area contributed by atoms with Crippen molar-refractivity contribution in [2.75, 3.05) is 32.9 Å². The van der Waals surface area contributed by atoms with Crippen molar-refractivity contribution in [1.29, 1.82) is 0 Å². The Bertz CT molecular complexity index is 438. The van der Waals surface area contributed by atoms with Crippen LogP contribution in [0.4, 0.5) is 0 Å². The van der Waals surface area contributed by atoms with E-state index < -0.39 is 10.8 Å². The van der Waals surface area contributed by atoms with Crippen LogP contribution in [-0.2, 0) is 10.8 Å². The molecule has 0 bridgehead atoms. The molecule has 0 heterocycles. The minimum Gasteiger partial charge on any atom is -0.357 e. The molecule has 0 aromatic heterocycles. The number of aliphatic imine (C=N–C) groups is 1. The molecule has 0 spiro atoms. The number of likely N-dealkylation sites (N-methyl/N-ethyl adjacent to an activating group) is 1. The number of nitrogens with zero attached hydrogens (tertiary/aromatic N) is 2. The van der Waals surface area contributed by atoms with E-state index in [2.05, 4.69) is 50.4 Å². The highest BCUT2D eigenvalue weighted by Gasteiger charge is 2.26. The zero-order valence-corrected chi connectivity index (χ0v) is 18.7. The minimum absolute atomic E-state index is 0.341. The molecule has 6 heteroatoms. The Morgan fingerprint density at radius 2 is 1.88 bits per heavy atom. The molecule has 154 valence electrons. The van der Waals surface area contributed by atoms with Crippen LogP contribution < -0.4 is 10.6 Å². The summed E-state index contributed by atoms with van der Waals surface area (Å²) in [4.78, 5) is 7.22. The number of rotatable bonds is 10. The second-order valence-electron chi connectivity index (χ2n) is 7.63. The fourth-order valence-electron chi connectivity index (χ4n) is 4.02. The fourth-order valence-corrected chi connectivity index (χ4v) is 5.36. The van der Waals surface area contributed by atoms with Crippen molar-refractivity contribution in [2.24, 2.45) is 10.9 Å². The molecule has 4 atom stereocenters. The summed E-state index contributed by atoms with van der Waals surface area (Å²) in [6.07, 6.45) is 6.77. The molecule has 2 N–H and O–H groups in total. The first-order valence-corrected chi connectivity index (χ1v) is 11.9. The third-order valence-electron chi connectivity index (χ3n) is 5.66. The third-order valence-corrected chi connectivity index (χ3v) is 7.40. The van der Waals surface area contributed by atoms with E-state index in [0.717, 1.165) is 50.5 Å². The molecule has 1 aliphatic carbocycles. The quantitative estimate of drug-likeness (QED) is 0.448. The maximum atomic E-state index is 12.2. The Labute approximate surface area is 164 Å². The van der Waals surface area contributed by atoms with Crippen molar-refractivity contribution < 1.29 is 4.21 Å². The zero-order valence-electron chi connectivity index (χ0n) is 17.9. The summed E-state index contributed by atoms with van der Waals surface area (Å²) >= 11 is 0. The van der Waals surface area contributed by atoms with Crippen molar-refractivity contribution >= 4 is 16.8 Å². The van der Waals surface area contributed by atoms with E-state index in [-0.39, 0.29) is 0 Å². The van der Waals surface area contributed by atoms with Gasteiger partial charge in [0.25, 0.3) is 0 Å². The molecular formula is C20H42N4OS. The van der Waals surface area contributed by atoms with Gasteiger partial charge in [0.2, 0.25) is 0 Å². The average Bonchev–Trinajstić information content (AvgIpc) is 2.64. The van der Waals surface area contributed by atoms with E-state index in [9.17, 15) is 4.21 Å². The summed E-state index contributed by atoms with van der Waals surface area (Å²) in [7, 11) is 3.63. The highest BCUT2D eigenvalue weighted by molar-refractivity contribution is 7.85. The molecule has 4 unspecified atom stereocenters. The lowest BCUT2D eigenvalue weighted by molar-refractivity contribution is 0.206. The molecule has 0 aliphatic heterocycles. The van der Waals surface area contributed by atoms with Crippen molar-refractivity contribution in [3.8, 4) is 0 Å². The molecule has 0 aromatic rings. The van der Waals surface area contributed by atoms with E-state index in [0.29, 0.717) is 23.3 Å².